The van der Waals surface area contributed by atoms with E-state index in [4.69, 9.17) is 22.1 Å². The molecule has 0 saturated carbocycles. The molecule has 1 aliphatic rings. The minimum absolute atomic E-state index is 0.0533. The highest BCUT2D eigenvalue weighted by molar-refractivity contribution is 7.80. The summed E-state index contributed by atoms with van der Waals surface area (Å²) >= 11 is 3.70. The Bertz CT molecular complexity index is 1420. The first kappa shape index (κ1) is 27.4. The first-order chi connectivity index (χ1) is 18.0. The highest BCUT2D eigenvalue weighted by Crippen LogP contribution is 2.33. The number of pyridine rings is 2. The third-order valence-electron chi connectivity index (χ3n) is 6.42. The van der Waals surface area contributed by atoms with Gasteiger partial charge in [0.1, 0.15) is 29.5 Å². The van der Waals surface area contributed by atoms with Gasteiger partial charge in [0, 0.05) is 38.6 Å². The molecule has 0 radical (unpaired) electrons. The number of nitrogen functional groups attached to an aromatic ring is 1. The van der Waals surface area contributed by atoms with Crippen molar-refractivity contribution >= 4 is 62.8 Å². The lowest BCUT2D eigenvalue weighted by atomic mass is 10.00. The number of methoxy groups -OCH3 is 1. The molecule has 14 heteroatoms. The molecule has 1 aromatic carbocycles. The Kier molecular flexibility index (Phi) is 7.90. The van der Waals surface area contributed by atoms with Gasteiger partial charge in [0.05, 0.1) is 24.0 Å². The molecule has 4 N–H and O–H groups in total. The zero-order valence-electron chi connectivity index (χ0n) is 20.9. The fraction of sp³-hybridized carbons (Fsp3) is 0.333. The Hall–Kier alpha value is -3.68. The zero-order valence-corrected chi connectivity index (χ0v) is 22.4. The normalized spacial score (nSPS) is 16.9. The molecule has 12 nitrogen and oxygen atoms in total. The fourth-order valence-corrected chi connectivity index (χ4v) is 5.65. The van der Waals surface area contributed by atoms with Crippen LogP contribution in [-0.2, 0) is 27.3 Å². The van der Waals surface area contributed by atoms with Gasteiger partial charge in [-0.25, -0.2) is 19.0 Å². The molecule has 38 heavy (non-hydrogen) atoms. The molecular formula is C24H27ClN6O6S. The van der Waals surface area contributed by atoms with E-state index in [1.54, 1.807) is 43.4 Å². The number of hydrogen-bond acceptors (Lipinski definition) is 8. The van der Waals surface area contributed by atoms with Crippen LogP contribution in [0.5, 0.6) is 5.75 Å². The molecule has 1 amide bonds. The number of likely N-dealkylation sites (tertiary alicyclic amines) is 1. The molecule has 1 saturated heterocycles. The monoisotopic (exact) mass is 562 g/mol. The quantitative estimate of drug-likeness (QED) is 0.329. The van der Waals surface area contributed by atoms with E-state index < -0.39 is 35.2 Å². The average molecular weight is 563 g/mol. The van der Waals surface area contributed by atoms with E-state index in [1.807, 2.05) is 0 Å². The van der Waals surface area contributed by atoms with Crippen molar-refractivity contribution < 1.29 is 28.2 Å². The van der Waals surface area contributed by atoms with Crippen molar-refractivity contribution in [3.8, 4) is 5.75 Å². The van der Waals surface area contributed by atoms with Gasteiger partial charge >= 0.3 is 5.97 Å². The molecule has 3 aromatic rings. The number of ether oxygens (including phenoxy) is 1. The summed E-state index contributed by atoms with van der Waals surface area (Å²) < 4.78 is 28.9. The van der Waals surface area contributed by atoms with Crippen LogP contribution in [0.25, 0.3) is 10.8 Å². The van der Waals surface area contributed by atoms with Crippen molar-refractivity contribution in [3.63, 3.8) is 0 Å². The van der Waals surface area contributed by atoms with Crippen LogP contribution in [-0.4, -0.2) is 80.4 Å². The van der Waals surface area contributed by atoms with Crippen LogP contribution in [0.15, 0.2) is 36.7 Å². The Morgan fingerprint density at radius 3 is 2.68 bits per heavy atom. The molecule has 0 bridgehead atoms. The van der Waals surface area contributed by atoms with Crippen molar-refractivity contribution in [1.82, 2.24) is 14.9 Å². The van der Waals surface area contributed by atoms with E-state index in [9.17, 15) is 23.5 Å². The third kappa shape index (κ3) is 5.17. The number of carbonyl (C=O) groups excluding carboxylic acids is 1. The SMILES string of the molecule is COc1cc2c(N)nccc2cc1C[C@H](C(=O)O)N1CC[C@H](N(c2cnc(N(C)C)c(Cl)c2)S(=O)O)C1=O. The van der Waals surface area contributed by atoms with Crippen LogP contribution in [0, 0.1) is 0 Å². The van der Waals surface area contributed by atoms with Gasteiger partial charge in [0.2, 0.25) is 5.91 Å². The number of anilines is 3. The van der Waals surface area contributed by atoms with Gasteiger partial charge in [-0.1, -0.05) is 11.6 Å². The summed E-state index contributed by atoms with van der Waals surface area (Å²) in [6.07, 6.45) is 2.97. The standard InChI is InChI=1S/C24H27ClN6O6S/c1-29(2)22-17(25)10-15(12-28-22)31(38(35)36)18-5-7-30(23(18)32)19(24(33)34)9-14-8-13-4-6-27-21(26)16(13)11-20(14)37-3/h4,6,8,10-12,18-19H,5,7,9H2,1-3H3,(H2,26,27)(H,33,34)(H,35,36)/t18-,19+/m0/s1. The van der Waals surface area contributed by atoms with Gasteiger partial charge in [0.25, 0.3) is 11.3 Å². The van der Waals surface area contributed by atoms with Crippen LogP contribution in [0.1, 0.15) is 12.0 Å². The summed E-state index contributed by atoms with van der Waals surface area (Å²) in [5.74, 6) is -0.643. The van der Waals surface area contributed by atoms with E-state index in [1.165, 1.54) is 24.3 Å². The average Bonchev–Trinajstić information content (AvgIpc) is 3.22. The molecule has 202 valence electrons. The maximum Gasteiger partial charge on any atom is 0.326 e. The molecule has 4 rings (SSSR count). The number of nitrogens with two attached hydrogens (primary N) is 1. The number of hydrogen-bond donors (Lipinski definition) is 3. The minimum Gasteiger partial charge on any atom is -0.496 e. The number of carboxylic acid groups (broad SMARTS) is 1. The molecule has 0 spiro atoms. The smallest absolute Gasteiger partial charge is 0.326 e. The molecular weight excluding hydrogens is 536 g/mol. The van der Waals surface area contributed by atoms with Crippen molar-refractivity contribution in [2.75, 3.05) is 42.7 Å². The van der Waals surface area contributed by atoms with Crippen LogP contribution >= 0.6 is 11.6 Å². The first-order valence-corrected chi connectivity index (χ1v) is 12.9. The molecule has 0 aliphatic carbocycles. The van der Waals surface area contributed by atoms with Gasteiger partial charge < -0.3 is 25.4 Å². The second kappa shape index (κ2) is 11.0. The highest BCUT2D eigenvalue weighted by atomic mass is 35.5. The summed E-state index contributed by atoms with van der Waals surface area (Å²) in [7, 11) is 4.95. The lowest BCUT2D eigenvalue weighted by Crippen LogP contribution is -2.48. The molecule has 1 aliphatic heterocycles. The molecule has 3 atom stereocenters. The van der Waals surface area contributed by atoms with Gasteiger partial charge in [-0.2, -0.15) is 0 Å². The van der Waals surface area contributed by atoms with Gasteiger partial charge in [-0.15, -0.1) is 0 Å². The van der Waals surface area contributed by atoms with Gasteiger partial charge in [-0.05, 0) is 41.6 Å². The predicted molar refractivity (Wildman–Crippen MR) is 145 cm³/mol. The maximum absolute atomic E-state index is 13.5. The van der Waals surface area contributed by atoms with Crippen LogP contribution < -0.4 is 19.7 Å². The molecule has 1 fully saturated rings. The maximum atomic E-state index is 13.5. The summed E-state index contributed by atoms with van der Waals surface area (Å²) in [5, 5.41) is 11.7. The van der Waals surface area contributed by atoms with Crippen molar-refractivity contribution in [3.05, 3.63) is 47.2 Å². The lowest BCUT2D eigenvalue weighted by Gasteiger charge is -2.28. The predicted octanol–water partition coefficient (Wildman–Crippen LogP) is 2.18. The number of fused-ring (bicyclic) bond motifs is 1. The number of aromatic nitrogens is 2. The van der Waals surface area contributed by atoms with Crippen molar-refractivity contribution in [2.24, 2.45) is 0 Å². The number of rotatable bonds is 9. The second-order valence-electron chi connectivity index (χ2n) is 8.93. The Balaban J connectivity index is 1.64. The number of benzene rings is 1. The largest absolute Gasteiger partial charge is 0.496 e. The van der Waals surface area contributed by atoms with Crippen molar-refractivity contribution in [1.29, 1.82) is 0 Å². The zero-order chi connectivity index (χ0) is 27.7. The molecule has 3 heterocycles. The topological polar surface area (TPSA) is 162 Å². The summed E-state index contributed by atoms with van der Waals surface area (Å²) in [5.41, 5.74) is 6.69. The highest BCUT2D eigenvalue weighted by Gasteiger charge is 2.44. The van der Waals surface area contributed by atoms with Crippen LogP contribution in [0.3, 0.4) is 0 Å². The van der Waals surface area contributed by atoms with Gasteiger partial charge in [0.15, 0.2) is 0 Å². The Labute approximate surface area is 226 Å². The number of carboxylic acids is 1. The van der Waals surface area contributed by atoms with E-state index in [0.717, 1.165) is 9.69 Å². The van der Waals surface area contributed by atoms with Gasteiger partial charge in [-0.3, -0.25) is 13.7 Å². The minimum atomic E-state index is -2.60. The van der Waals surface area contributed by atoms with E-state index in [-0.39, 0.29) is 30.1 Å². The summed E-state index contributed by atoms with van der Waals surface area (Å²) in [6.45, 7) is 0.0673. The van der Waals surface area contributed by atoms with Crippen LogP contribution in [0.2, 0.25) is 5.02 Å². The van der Waals surface area contributed by atoms with E-state index in [2.05, 4.69) is 9.97 Å². The molecule has 1 unspecified atom stereocenters. The number of halogens is 1. The third-order valence-corrected chi connectivity index (χ3v) is 7.50. The lowest BCUT2D eigenvalue weighted by molar-refractivity contribution is -0.148. The first-order valence-electron chi connectivity index (χ1n) is 11.5. The number of carbonyl (C=O) groups is 2. The fourth-order valence-electron chi connectivity index (χ4n) is 4.62. The Morgan fingerprint density at radius 2 is 2.08 bits per heavy atom. The van der Waals surface area contributed by atoms with Crippen LogP contribution in [0.4, 0.5) is 17.3 Å². The number of nitrogens with zero attached hydrogens (tertiary/aromatic N) is 5. The van der Waals surface area contributed by atoms with E-state index in [0.29, 0.717) is 28.3 Å². The number of aliphatic carboxylic acids is 1. The number of amides is 1. The Morgan fingerprint density at radius 1 is 1.34 bits per heavy atom. The van der Waals surface area contributed by atoms with E-state index >= 15 is 0 Å². The summed E-state index contributed by atoms with van der Waals surface area (Å²) in [6, 6.07) is 4.31. The molecule has 2 aromatic heterocycles. The second-order valence-corrected chi connectivity index (χ2v) is 10.2. The summed E-state index contributed by atoms with van der Waals surface area (Å²) in [4.78, 5) is 37.0. The van der Waals surface area contributed by atoms with Crippen molar-refractivity contribution in [2.45, 2.75) is 24.9 Å².